The summed E-state index contributed by atoms with van der Waals surface area (Å²) in [4.78, 5) is 38.8. The van der Waals surface area contributed by atoms with Crippen LogP contribution in [0.3, 0.4) is 0 Å². The van der Waals surface area contributed by atoms with Crippen molar-refractivity contribution in [1.29, 1.82) is 0 Å². The summed E-state index contributed by atoms with van der Waals surface area (Å²) in [6, 6.07) is 0. The summed E-state index contributed by atoms with van der Waals surface area (Å²) < 4.78 is 16.5. The Hall–Kier alpha value is -3.13. The predicted molar refractivity (Wildman–Crippen MR) is 151 cm³/mol. The van der Waals surface area contributed by atoms with Crippen LogP contribution in [-0.2, 0) is 17.6 Å². The van der Waals surface area contributed by atoms with E-state index in [9.17, 15) is 9.59 Å². The molecule has 1 saturated carbocycles. The van der Waals surface area contributed by atoms with Crippen molar-refractivity contribution >= 4 is 40.5 Å². The number of halogens is 2. The van der Waals surface area contributed by atoms with Gasteiger partial charge in [0.05, 0.1) is 5.69 Å². The number of Topliss-reactive ketones (excluding diaryl/α,β-unsaturated/α-hetero) is 1. The van der Waals surface area contributed by atoms with Crippen molar-refractivity contribution in [3.63, 3.8) is 0 Å². The summed E-state index contributed by atoms with van der Waals surface area (Å²) in [5, 5.41) is 5.69. The lowest BCUT2D eigenvalue weighted by Gasteiger charge is -2.30. The van der Waals surface area contributed by atoms with E-state index in [4.69, 9.17) is 11.6 Å². The van der Waals surface area contributed by atoms with Gasteiger partial charge < -0.3 is 10.6 Å². The van der Waals surface area contributed by atoms with Crippen LogP contribution in [0.5, 0.6) is 0 Å². The van der Waals surface area contributed by atoms with Gasteiger partial charge in [-0.3, -0.25) is 9.59 Å². The van der Waals surface area contributed by atoms with Gasteiger partial charge in [0.2, 0.25) is 5.28 Å². The Morgan fingerprint density at radius 2 is 1.90 bits per heavy atom. The molecule has 3 heterocycles. The molecule has 2 aromatic heterocycles. The number of amides is 1. The van der Waals surface area contributed by atoms with Gasteiger partial charge in [-0.2, -0.15) is 4.98 Å². The highest BCUT2D eigenvalue weighted by atomic mass is 35.5. The summed E-state index contributed by atoms with van der Waals surface area (Å²) in [6.45, 7) is 10.7. The third-order valence-corrected chi connectivity index (χ3v) is 8.75. The van der Waals surface area contributed by atoms with E-state index in [2.05, 4.69) is 39.4 Å². The molecule has 5 rings (SSSR count). The number of carbonyl (C=O) groups is 2. The molecule has 2 aromatic rings. The molecule has 0 spiro atoms. The first kappa shape index (κ1) is 27.4. The van der Waals surface area contributed by atoms with Crippen LogP contribution in [-0.4, -0.2) is 33.2 Å². The number of pyridine rings is 1. The van der Waals surface area contributed by atoms with Gasteiger partial charge in [0.1, 0.15) is 11.4 Å². The van der Waals surface area contributed by atoms with Gasteiger partial charge in [0.15, 0.2) is 17.4 Å². The third kappa shape index (κ3) is 4.77. The Bertz CT molecular complexity index is 1440. The van der Waals surface area contributed by atoms with Gasteiger partial charge >= 0.3 is 0 Å². The van der Waals surface area contributed by atoms with Crippen molar-refractivity contribution in [3.05, 3.63) is 56.4 Å². The first-order valence-corrected chi connectivity index (χ1v) is 14.3. The lowest BCUT2D eigenvalue weighted by Crippen LogP contribution is -2.33. The predicted octanol–water partition coefficient (Wildman–Crippen LogP) is 6.54. The zero-order valence-corrected chi connectivity index (χ0v) is 24.0. The number of allylic oxidation sites excluding steroid dienone is 4. The lowest BCUT2D eigenvalue weighted by molar-refractivity contribution is -0.115. The van der Waals surface area contributed by atoms with E-state index in [0.717, 1.165) is 47.1 Å². The first-order chi connectivity index (χ1) is 18.6. The van der Waals surface area contributed by atoms with E-state index >= 15 is 4.39 Å². The molecule has 0 saturated heterocycles. The smallest absolute Gasteiger partial charge is 0.256 e. The van der Waals surface area contributed by atoms with Crippen molar-refractivity contribution in [2.24, 2.45) is 11.3 Å². The number of carbonyl (C=O) groups excluding carboxylic acids is 2. The molecule has 0 bridgehead atoms. The summed E-state index contributed by atoms with van der Waals surface area (Å²) in [5.74, 6) is -0.696. The molecule has 0 unspecified atom stereocenters. The molecular weight excluding hydrogens is 517 g/mol. The van der Waals surface area contributed by atoms with Crippen LogP contribution in [0.15, 0.2) is 22.9 Å². The maximum Gasteiger partial charge on any atom is 0.256 e. The Labute approximate surface area is 233 Å². The number of nitrogens with one attached hydrogen (secondary N) is 2. The molecule has 1 fully saturated rings. The number of ketones is 1. The van der Waals surface area contributed by atoms with Crippen LogP contribution >= 0.6 is 11.6 Å². The van der Waals surface area contributed by atoms with Gasteiger partial charge in [-0.25, -0.2) is 14.4 Å². The summed E-state index contributed by atoms with van der Waals surface area (Å²) in [5.41, 5.74) is 5.88. The van der Waals surface area contributed by atoms with Crippen LogP contribution in [0, 0.1) is 17.2 Å². The zero-order chi connectivity index (χ0) is 28.1. The second-order valence-corrected chi connectivity index (χ2v) is 11.4. The van der Waals surface area contributed by atoms with Crippen molar-refractivity contribution < 1.29 is 14.0 Å². The highest BCUT2D eigenvalue weighted by Gasteiger charge is 2.45. The van der Waals surface area contributed by atoms with Crippen molar-refractivity contribution in [3.8, 4) is 0 Å². The number of aromatic nitrogens is 3. The minimum atomic E-state index is -0.523. The minimum Gasteiger partial charge on any atom is -0.351 e. The summed E-state index contributed by atoms with van der Waals surface area (Å²) in [6.07, 6.45) is 7.01. The fraction of sp³-hybridized carbons (Fsp3) is 0.500. The topological polar surface area (TPSA) is 96.9 Å². The third-order valence-electron chi connectivity index (χ3n) is 8.58. The van der Waals surface area contributed by atoms with E-state index in [1.807, 2.05) is 20.8 Å². The quantitative estimate of drug-likeness (QED) is 0.286. The van der Waals surface area contributed by atoms with E-state index in [-0.39, 0.29) is 45.5 Å². The van der Waals surface area contributed by atoms with Crippen molar-refractivity contribution in [2.75, 3.05) is 11.9 Å². The Kier molecular flexibility index (Phi) is 7.35. The monoisotopic (exact) mass is 551 g/mol. The van der Waals surface area contributed by atoms with E-state index < -0.39 is 5.82 Å². The minimum absolute atomic E-state index is 0.0253. The standard InChI is InChI=1S/C30H35ClFN5O2/c1-6-20(38)22(16(5)30(7-2)11-12-30)18-9-8-17-14-34-27(25(32)23(17)21(18)15(3)4)36-26-24-19(35-29(31)37-26)10-13-33-28(24)39/h14-15H,6-13H2,1-5H3,(H,33,39)(H,34,35,36,37)/b22-16-. The largest absolute Gasteiger partial charge is 0.351 e. The van der Waals surface area contributed by atoms with Gasteiger partial charge in [0.25, 0.3) is 5.91 Å². The highest BCUT2D eigenvalue weighted by Crippen LogP contribution is 2.57. The molecule has 0 aromatic carbocycles. The number of nitrogens with zero attached hydrogens (tertiary/aromatic N) is 3. The van der Waals surface area contributed by atoms with Crippen LogP contribution in [0.4, 0.5) is 16.0 Å². The molecule has 2 N–H and O–H groups in total. The number of rotatable bonds is 8. The fourth-order valence-corrected chi connectivity index (χ4v) is 6.39. The number of hydrogen-bond acceptors (Lipinski definition) is 6. The highest BCUT2D eigenvalue weighted by molar-refractivity contribution is 6.28. The molecule has 206 valence electrons. The van der Waals surface area contributed by atoms with E-state index in [0.29, 0.717) is 43.5 Å². The van der Waals surface area contributed by atoms with Gasteiger partial charge in [-0.15, -0.1) is 0 Å². The van der Waals surface area contributed by atoms with Gasteiger partial charge in [-0.05, 0) is 78.7 Å². The van der Waals surface area contributed by atoms with Gasteiger partial charge in [0, 0.05) is 36.7 Å². The molecule has 2 aliphatic carbocycles. The number of aryl methyl sites for hydroxylation is 1. The second-order valence-electron chi connectivity index (χ2n) is 11.1. The second kappa shape index (κ2) is 10.5. The van der Waals surface area contributed by atoms with E-state index in [1.54, 1.807) is 6.20 Å². The lowest BCUT2D eigenvalue weighted by atomic mass is 9.74. The van der Waals surface area contributed by atoms with Crippen LogP contribution in [0.25, 0.3) is 5.57 Å². The summed E-state index contributed by atoms with van der Waals surface area (Å²) in [7, 11) is 0. The SMILES string of the molecule is CCC(=O)/C(C1=C(C(C)C)c2c(cnc(Nc3nc(Cl)nc4c3C(=O)NCC4)c2F)CC1)=C(/C)C1(CC)CC1. The van der Waals surface area contributed by atoms with E-state index in [1.165, 1.54) is 0 Å². The van der Waals surface area contributed by atoms with Crippen molar-refractivity contribution in [2.45, 2.75) is 79.6 Å². The zero-order valence-electron chi connectivity index (χ0n) is 23.2. The molecule has 3 aliphatic rings. The molecule has 7 nitrogen and oxygen atoms in total. The molecule has 9 heteroatoms. The Balaban J connectivity index is 1.67. The maximum absolute atomic E-state index is 16.5. The molecule has 1 amide bonds. The van der Waals surface area contributed by atoms with Crippen LogP contribution < -0.4 is 10.6 Å². The van der Waals surface area contributed by atoms with Crippen LogP contribution in [0.2, 0.25) is 5.28 Å². The molecule has 1 aliphatic heterocycles. The number of hydrogen-bond donors (Lipinski definition) is 2. The molecule has 39 heavy (non-hydrogen) atoms. The average Bonchev–Trinajstić information content (AvgIpc) is 3.71. The normalized spacial score (nSPS) is 18.3. The molecule has 0 radical (unpaired) electrons. The number of fused-ring (bicyclic) bond motifs is 2. The average molecular weight is 552 g/mol. The Morgan fingerprint density at radius 1 is 1.15 bits per heavy atom. The Morgan fingerprint density at radius 3 is 2.54 bits per heavy atom. The number of anilines is 2. The van der Waals surface area contributed by atoms with Crippen LogP contribution in [0.1, 0.15) is 93.9 Å². The molecular formula is C30H35ClFN5O2. The fourth-order valence-electron chi connectivity index (χ4n) is 6.21. The molecule has 0 atom stereocenters. The van der Waals surface area contributed by atoms with Gasteiger partial charge in [-0.1, -0.05) is 33.3 Å². The maximum atomic E-state index is 16.5. The first-order valence-electron chi connectivity index (χ1n) is 13.9. The van der Waals surface area contributed by atoms with Crippen molar-refractivity contribution in [1.82, 2.24) is 20.3 Å². The summed E-state index contributed by atoms with van der Waals surface area (Å²) >= 11 is 6.14.